The first-order valence-electron chi connectivity index (χ1n) is 7.29. The molecular weight excluding hydrogens is 284 g/mol. The van der Waals surface area contributed by atoms with Gasteiger partial charge in [-0.05, 0) is 31.4 Å². The lowest BCUT2D eigenvalue weighted by molar-refractivity contribution is -0.145. The second-order valence-corrected chi connectivity index (χ2v) is 5.77. The van der Waals surface area contributed by atoms with Gasteiger partial charge in [0.1, 0.15) is 17.9 Å². The number of esters is 1. The third-order valence-electron chi connectivity index (χ3n) is 3.53. The molecule has 0 bridgehead atoms. The average molecular weight is 304 g/mol. The molecule has 0 saturated carbocycles. The Hall–Kier alpha value is -2.30. The van der Waals surface area contributed by atoms with Gasteiger partial charge in [-0.2, -0.15) is 0 Å². The van der Waals surface area contributed by atoms with Crippen LogP contribution in [0.3, 0.4) is 0 Å². The first-order chi connectivity index (χ1) is 10.4. The largest absolute Gasteiger partial charge is 0.508 e. The summed E-state index contributed by atoms with van der Waals surface area (Å²) in [5.41, 5.74) is 0.852. The van der Waals surface area contributed by atoms with Crippen LogP contribution in [-0.2, 0) is 16.1 Å². The van der Waals surface area contributed by atoms with E-state index < -0.39 is 5.63 Å². The maximum atomic E-state index is 11.7. The molecule has 118 valence electrons. The molecular formula is C17H20O5. The number of aromatic hydroxyl groups is 1. The molecule has 2 aromatic rings. The lowest BCUT2D eigenvalue weighted by Crippen LogP contribution is -2.08. The fourth-order valence-corrected chi connectivity index (χ4v) is 2.17. The lowest BCUT2D eigenvalue weighted by atomic mass is 10.1. The van der Waals surface area contributed by atoms with Crippen molar-refractivity contribution in [3.8, 4) is 5.75 Å². The number of aryl methyl sites for hydroxylation is 1. The van der Waals surface area contributed by atoms with Crippen LogP contribution in [0.1, 0.15) is 37.8 Å². The van der Waals surface area contributed by atoms with Gasteiger partial charge in [-0.25, -0.2) is 4.79 Å². The molecule has 0 aliphatic carbocycles. The topological polar surface area (TPSA) is 76.7 Å². The van der Waals surface area contributed by atoms with Crippen LogP contribution in [0.5, 0.6) is 5.75 Å². The van der Waals surface area contributed by atoms with Crippen molar-refractivity contribution < 1.29 is 19.1 Å². The maximum Gasteiger partial charge on any atom is 0.336 e. The summed E-state index contributed by atoms with van der Waals surface area (Å²) in [5, 5.41) is 10.4. The predicted molar refractivity (Wildman–Crippen MR) is 82.8 cm³/mol. The number of hydrogen-bond acceptors (Lipinski definition) is 5. The van der Waals surface area contributed by atoms with Crippen molar-refractivity contribution in [1.29, 1.82) is 0 Å². The van der Waals surface area contributed by atoms with Gasteiger partial charge in [0.05, 0.1) is 0 Å². The zero-order valence-corrected chi connectivity index (χ0v) is 13.0. The quantitative estimate of drug-likeness (QED) is 0.677. The Morgan fingerprint density at radius 1 is 1.36 bits per heavy atom. The normalized spacial score (nSPS) is 11.1. The summed E-state index contributed by atoms with van der Waals surface area (Å²) < 4.78 is 10.4. The van der Waals surface area contributed by atoms with Crippen molar-refractivity contribution in [3.05, 3.63) is 39.7 Å². The molecule has 0 spiro atoms. The molecule has 5 nitrogen and oxygen atoms in total. The Morgan fingerprint density at radius 2 is 2.09 bits per heavy atom. The van der Waals surface area contributed by atoms with E-state index >= 15 is 0 Å². The van der Waals surface area contributed by atoms with E-state index in [0.717, 1.165) is 6.42 Å². The van der Waals surface area contributed by atoms with Crippen LogP contribution in [0.2, 0.25) is 0 Å². The van der Waals surface area contributed by atoms with Crippen molar-refractivity contribution >= 4 is 16.9 Å². The zero-order chi connectivity index (χ0) is 16.3. The third-order valence-corrected chi connectivity index (χ3v) is 3.53. The smallest absolute Gasteiger partial charge is 0.336 e. The molecule has 0 fully saturated rings. The Balaban J connectivity index is 2.23. The molecule has 5 heteroatoms. The van der Waals surface area contributed by atoms with Crippen LogP contribution in [0.25, 0.3) is 11.0 Å². The highest BCUT2D eigenvalue weighted by Crippen LogP contribution is 2.27. The maximum absolute atomic E-state index is 11.7. The van der Waals surface area contributed by atoms with Gasteiger partial charge in [0.25, 0.3) is 0 Å². The summed E-state index contributed by atoms with van der Waals surface area (Å²) in [6.07, 6.45) is 1.13. The SMILES string of the molecule is Cc1c(O)ccc2c(COC(=O)CCC(C)C)cc(=O)oc12. The van der Waals surface area contributed by atoms with Crippen molar-refractivity contribution in [3.63, 3.8) is 0 Å². The Labute approximate surface area is 128 Å². The summed E-state index contributed by atoms with van der Waals surface area (Å²) in [6, 6.07) is 4.49. The molecule has 1 N–H and O–H groups in total. The standard InChI is InChI=1S/C17H20O5/c1-10(2)4-7-15(19)21-9-12-8-16(20)22-17-11(3)14(18)6-5-13(12)17/h5-6,8,10,18H,4,7,9H2,1-3H3. The molecule has 1 aromatic carbocycles. The average Bonchev–Trinajstić information content (AvgIpc) is 2.46. The molecule has 2 rings (SSSR count). The number of fused-ring (bicyclic) bond motifs is 1. The Bertz CT molecular complexity index is 743. The number of carbonyl (C=O) groups excluding carboxylic acids is 1. The van der Waals surface area contributed by atoms with E-state index in [0.29, 0.717) is 34.4 Å². The van der Waals surface area contributed by atoms with Crippen LogP contribution >= 0.6 is 0 Å². The summed E-state index contributed by atoms with van der Waals surface area (Å²) in [7, 11) is 0. The second-order valence-electron chi connectivity index (χ2n) is 5.77. The molecule has 1 aromatic heterocycles. The van der Waals surface area contributed by atoms with E-state index in [1.807, 2.05) is 13.8 Å². The van der Waals surface area contributed by atoms with E-state index in [1.54, 1.807) is 13.0 Å². The number of rotatable bonds is 5. The highest BCUT2D eigenvalue weighted by atomic mass is 16.5. The predicted octanol–water partition coefficient (Wildman–Crippen LogP) is 3.29. The molecule has 0 unspecified atom stereocenters. The molecule has 22 heavy (non-hydrogen) atoms. The van der Waals surface area contributed by atoms with E-state index in [9.17, 15) is 14.7 Å². The van der Waals surface area contributed by atoms with Crippen LogP contribution < -0.4 is 5.63 Å². The fraction of sp³-hybridized carbons (Fsp3) is 0.412. The van der Waals surface area contributed by atoms with E-state index in [4.69, 9.17) is 9.15 Å². The van der Waals surface area contributed by atoms with Gasteiger partial charge >= 0.3 is 11.6 Å². The first-order valence-corrected chi connectivity index (χ1v) is 7.29. The summed E-state index contributed by atoms with van der Waals surface area (Å²) >= 11 is 0. The minimum atomic E-state index is -0.533. The number of benzene rings is 1. The molecule has 0 aliphatic rings. The zero-order valence-electron chi connectivity index (χ0n) is 13.0. The van der Waals surface area contributed by atoms with E-state index in [-0.39, 0.29) is 18.3 Å². The molecule has 0 radical (unpaired) electrons. The van der Waals surface area contributed by atoms with Crippen molar-refractivity contribution in [2.75, 3.05) is 0 Å². The number of ether oxygens (including phenoxy) is 1. The number of phenols is 1. The third kappa shape index (κ3) is 3.67. The van der Waals surface area contributed by atoms with Gasteiger partial charge < -0.3 is 14.3 Å². The Morgan fingerprint density at radius 3 is 2.77 bits per heavy atom. The molecule has 0 aliphatic heterocycles. The van der Waals surface area contributed by atoms with Gasteiger partial charge in [-0.1, -0.05) is 13.8 Å². The number of carbonyl (C=O) groups is 1. The first kappa shape index (κ1) is 16.1. The van der Waals surface area contributed by atoms with Crippen molar-refractivity contribution in [1.82, 2.24) is 0 Å². The molecule has 0 saturated heterocycles. The van der Waals surface area contributed by atoms with Gasteiger partial charge in [-0.3, -0.25) is 4.79 Å². The van der Waals surface area contributed by atoms with Crippen LogP contribution in [-0.4, -0.2) is 11.1 Å². The van der Waals surface area contributed by atoms with Crippen LogP contribution in [0, 0.1) is 12.8 Å². The van der Waals surface area contributed by atoms with Gasteiger partial charge in [0.15, 0.2) is 0 Å². The lowest BCUT2D eigenvalue weighted by Gasteiger charge is -2.09. The van der Waals surface area contributed by atoms with Gasteiger partial charge in [0.2, 0.25) is 0 Å². The number of hydrogen-bond donors (Lipinski definition) is 1. The Kier molecular flexibility index (Phi) is 4.85. The molecule has 1 heterocycles. The highest BCUT2D eigenvalue weighted by Gasteiger charge is 2.12. The van der Waals surface area contributed by atoms with E-state index in [2.05, 4.69) is 0 Å². The monoisotopic (exact) mass is 304 g/mol. The van der Waals surface area contributed by atoms with Crippen molar-refractivity contribution in [2.45, 2.75) is 40.2 Å². The van der Waals surface area contributed by atoms with Gasteiger partial charge in [0, 0.05) is 29.0 Å². The van der Waals surface area contributed by atoms with Crippen molar-refractivity contribution in [2.24, 2.45) is 5.92 Å². The molecule has 0 amide bonds. The minimum absolute atomic E-state index is 0.0171. The minimum Gasteiger partial charge on any atom is -0.508 e. The highest BCUT2D eigenvalue weighted by molar-refractivity contribution is 5.85. The summed E-state index contributed by atoms with van der Waals surface area (Å²) in [4.78, 5) is 23.3. The second kappa shape index (κ2) is 6.64. The van der Waals surface area contributed by atoms with Crippen LogP contribution in [0.15, 0.2) is 27.4 Å². The van der Waals surface area contributed by atoms with Gasteiger partial charge in [-0.15, -0.1) is 0 Å². The molecule has 0 atom stereocenters. The fourth-order valence-electron chi connectivity index (χ4n) is 2.17. The summed E-state index contributed by atoms with van der Waals surface area (Å²) in [6.45, 7) is 5.76. The number of phenolic OH excluding ortho intramolecular Hbond substituents is 1. The summed E-state index contributed by atoms with van der Waals surface area (Å²) in [5.74, 6) is 0.204. The van der Waals surface area contributed by atoms with Crippen LogP contribution in [0.4, 0.5) is 0 Å². The van der Waals surface area contributed by atoms with E-state index in [1.165, 1.54) is 12.1 Å².